The van der Waals surface area contributed by atoms with Crippen LogP contribution in [-0.4, -0.2) is 38.6 Å². The topological polar surface area (TPSA) is 36.8 Å². The Morgan fingerprint density at radius 2 is 1.84 bits per heavy atom. The summed E-state index contributed by atoms with van der Waals surface area (Å²) in [6.45, 7) is 4.05. The van der Waals surface area contributed by atoms with Gasteiger partial charge in [0.15, 0.2) is 6.54 Å². The number of hydrogen-bond donors (Lipinski definition) is 2. The number of amides is 1. The Bertz CT molecular complexity index is 764. The van der Waals surface area contributed by atoms with E-state index in [0.29, 0.717) is 16.6 Å². The molecule has 4 nitrogen and oxygen atoms in total. The van der Waals surface area contributed by atoms with E-state index in [4.69, 9.17) is 23.2 Å². The minimum Gasteiger partial charge on any atom is -0.360 e. The van der Waals surface area contributed by atoms with Gasteiger partial charge in [0, 0.05) is 10.2 Å². The van der Waals surface area contributed by atoms with Crippen LogP contribution in [0.1, 0.15) is 0 Å². The van der Waals surface area contributed by atoms with E-state index >= 15 is 0 Å². The van der Waals surface area contributed by atoms with E-state index in [2.05, 4.69) is 26.1 Å². The molecular formula is C18H19BrCl2N3O+. The Morgan fingerprint density at radius 3 is 2.52 bits per heavy atom. The lowest BCUT2D eigenvalue weighted by molar-refractivity contribution is -0.892. The molecule has 132 valence electrons. The van der Waals surface area contributed by atoms with Crippen LogP contribution in [0.15, 0.2) is 46.9 Å². The normalized spacial score (nSPS) is 15.2. The second kappa shape index (κ2) is 8.41. The number of anilines is 2. The third-order valence-electron chi connectivity index (χ3n) is 4.30. The van der Waals surface area contributed by atoms with Gasteiger partial charge in [-0.1, -0.05) is 35.3 Å². The van der Waals surface area contributed by atoms with Gasteiger partial charge >= 0.3 is 0 Å². The predicted octanol–water partition coefficient (Wildman–Crippen LogP) is 3.10. The molecule has 25 heavy (non-hydrogen) atoms. The maximum absolute atomic E-state index is 12.3. The third-order valence-corrected chi connectivity index (χ3v) is 5.73. The van der Waals surface area contributed by atoms with Crippen molar-refractivity contribution in [3.63, 3.8) is 0 Å². The van der Waals surface area contributed by atoms with E-state index in [1.54, 1.807) is 0 Å². The molecule has 0 saturated carbocycles. The number of quaternary nitrogens is 1. The fourth-order valence-corrected chi connectivity index (χ4v) is 3.60. The van der Waals surface area contributed by atoms with Crippen molar-refractivity contribution in [3.8, 4) is 0 Å². The van der Waals surface area contributed by atoms with Gasteiger partial charge in [-0.05, 0) is 46.3 Å². The molecule has 1 heterocycles. The summed E-state index contributed by atoms with van der Waals surface area (Å²) >= 11 is 15.5. The van der Waals surface area contributed by atoms with E-state index in [9.17, 15) is 4.79 Å². The molecule has 2 N–H and O–H groups in total. The molecule has 0 radical (unpaired) electrons. The van der Waals surface area contributed by atoms with Gasteiger partial charge in [-0.25, -0.2) is 0 Å². The largest absolute Gasteiger partial charge is 0.360 e. The first-order valence-electron chi connectivity index (χ1n) is 8.11. The van der Waals surface area contributed by atoms with E-state index in [0.717, 1.165) is 42.0 Å². The summed E-state index contributed by atoms with van der Waals surface area (Å²) in [4.78, 5) is 15.8. The van der Waals surface area contributed by atoms with Crippen LogP contribution < -0.4 is 15.1 Å². The van der Waals surface area contributed by atoms with Crippen molar-refractivity contribution in [2.75, 3.05) is 42.9 Å². The van der Waals surface area contributed by atoms with Gasteiger partial charge in [0.1, 0.15) is 0 Å². The molecule has 0 bridgehead atoms. The average Bonchev–Trinajstić information content (AvgIpc) is 2.60. The number of halogens is 3. The Labute approximate surface area is 165 Å². The molecule has 1 aliphatic heterocycles. The number of para-hydroxylation sites is 1. The van der Waals surface area contributed by atoms with Gasteiger partial charge in [0.25, 0.3) is 5.91 Å². The molecule has 0 atom stereocenters. The zero-order valence-electron chi connectivity index (χ0n) is 13.6. The molecule has 7 heteroatoms. The first-order chi connectivity index (χ1) is 12.0. The number of carbonyl (C=O) groups excluding carboxylic acids is 1. The van der Waals surface area contributed by atoms with Gasteiger partial charge in [-0.15, -0.1) is 0 Å². The standard InChI is InChI=1S/C18H18BrCl2N3O/c19-14-3-1-2-4-17(14)22-18(25)12-23-7-9-24(10-8-23)13-5-6-15(20)16(21)11-13/h1-6,11H,7-10,12H2,(H,22,25)/p+1. The fourth-order valence-electron chi connectivity index (χ4n) is 2.92. The summed E-state index contributed by atoms with van der Waals surface area (Å²) in [6, 6.07) is 13.3. The van der Waals surface area contributed by atoms with E-state index in [-0.39, 0.29) is 5.91 Å². The number of nitrogens with zero attached hydrogens (tertiary/aromatic N) is 1. The smallest absolute Gasteiger partial charge is 0.279 e. The van der Waals surface area contributed by atoms with Crippen LogP contribution in [0.2, 0.25) is 10.0 Å². The maximum Gasteiger partial charge on any atom is 0.279 e. The highest BCUT2D eigenvalue weighted by Crippen LogP contribution is 2.27. The Balaban J connectivity index is 1.51. The van der Waals surface area contributed by atoms with Gasteiger partial charge in [0.05, 0.1) is 41.9 Å². The molecule has 1 aliphatic rings. The highest BCUT2D eigenvalue weighted by atomic mass is 79.9. The molecule has 2 aromatic carbocycles. The van der Waals surface area contributed by atoms with Gasteiger partial charge in [-0.2, -0.15) is 0 Å². The molecule has 1 amide bonds. The van der Waals surface area contributed by atoms with Crippen molar-refractivity contribution in [1.29, 1.82) is 0 Å². The molecule has 2 aromatic rings. The second-order valence-corrected chi connectivity index (χ2v) is 7.71. The molecule has 1 fully saturated rings. The predicted molar refractivity (Wildman–Crippen MR) is 107 cm³/mol. The molecule has 0 aromatic heterocycles. The lowest BCUT2D eigenvalue weighted by atomic mass is 10.2. The molecule has 0 aliphatic carbocycles. The van der Waals surface area contributed by atoms with Gasteiger partial charge in [0.2, 0.25) is 0 Å². The van der Waals surface area contributed by atoms with E-state index in [1.165, 1.54) is 4.90 Å². The van der Waals surface area contributed by atoms with Crippen LogP contribution in [0.25, 0.3) is 0 Å². The summed E-state index contributed by atoms with van der Waals surface area (Å²) in [7, 11) is 0. The van der Waals surface area contributed by atoms with Crippen molar-refractivity contribution in [2.24, 2.45) is 0 Å². The number of carbonyl (C=O) groups is 1. The molecule has 0 spiro atoms. The Hall–Kier alpha value is -1.27. The van der Waals surface area contributed by atoms with Crippen LogP contribution in [0, 0.1) is 0 Å². The summed E-state index contributed by atoms with van der Waals surface area (Å²) in [5.74, 6) is 0.0323. The third kappa shape index (κ3) is 4.88. The number of nitrogens with one attached hydrogen (secondary N) is 2. The molecule has 3 rings (SSSR count). The zero-order chi connectivity index (χ0) is 17.8. The molecule has 0 unspecified atom stereocenters. The zero-order valence-corrected chi connectivity index (χ0v) is 16.7. The summed E-state index contributed by atoms with van der Waals surface area (Å²) in [5, 5.41) is 4.10. The first kappa shape index (κ1) is 18.5. The number of hydrogen-bond acceptors (Lipinski definition) is 2. The van der Waals surface area contributed by atoms with Crippen LogP contribution in [-0.2, 0) is 4.79 Å². The average molecular weight is 444 g/mol. The van der Waals surface area contributed by atoms with Crippen molar-refractivity contribution in [3.05, 3.63) is 57.0 Å². The van der Waals surface area contributed by atoms with Crippen molar-refractivity contribution in [1.82, 2.24) is 0 Å². The Morgan fingerprint density at radius 1 is 1.12 bits per heavy atom. The maximum atomic E-state index is 12.3. The first-order valence-corrected chi connectivity index (χ1v) is 9.66. The number of benzene rings is 2. The molecule has 1 saturated heterocycles. The van der Waals surface area contributed by atoms with E-state index < -0.39 is 0 Å². The van der Waals surface area contributed by atoms with Crippen LogP contribution in [0.3, 0.4) is 0 Å². The summed E-state index contributed by atoms with van der Waals surface area (Å²) in [6.07, 6.45) is 0. The van der Waals surface area contributed by atoms with Gasteiger partial charge < -0.3 is 15.1 Å². The minimum atomic E-state index is 0.0323. The molecular weight excluding hydrogens is 425 g/mol. The SMILES string of the molecule is O=C(C[NH+]1CCN(c2ccc(Cl)c(Cl)c2)CC1)Nc1ccccc1Br. The van der Waals surface area contributed by atoms with Crippen LogP contribution in [0.5, 0.6) is 0 Å². The van der Waals surface area contributed by atoms with Crippen LogP contribution >= 0.6 is 39.1 Å². The Kier molecular flexibility index (Phi) is 6.23. The summed E-state index contributed by atoms with van der Waals surface area (Å²) in [5.41, 5.74) is 1.88. The monoisotopic (exact) mass is 442 g/mol. The van der Waals surface area contributed by atoms with Crippen molar-refractivity contribution < 1.29 is 9.69 Å². The van der Waals surface area contributed by atoms with Crippen LogP contribution in [0.4, 0.5) is 11.4 Å². The lowest BCUT2D eigenvalue weighted by Gasteiger charge is -2.33. The van der Waals surface area contributed by atoms with Gasteiger partial charge in [-0.3, -0.25) is 4.79 Å². The van der Waals surface area contributed by atoms with Crippen molar-refractivity contribution >= 4 is 56.4 Å². The number of piperazine rings is 1. The van der Waals surface area contributed by atoms with Crippen molar-refractivity contribution in [2.45, 2.75) is 0 Å². The number of rotatable bonds is 4. The lowest BCUT2D eigenvalue weighted by Crippen LogP contribution is -3.15. The van der Waals surface area contributed by atoms with E-state index in [1.807, 2.05) is 42.5 Å². The summed E-state index contributed by atoms with van der Waals surface area (Å²) < 4.78 is 0.891. The quantitative estimate of drug-likeness (QED) is 0.761. The minimum absolute atomic E-state index is 0.0323. The second-order valence-electron chi connectivity index (χ2n) is 6.04. The highest BCUT2D eigenvalue weighted by Gasteiger charge is 2.23. The fraction of sp³-hybridized carbons (Fsp3) is 0.278. The highest BCUT2D eigenvalue weighted by molar-refractivity contribution is 9.10.